The smallest absolute Gasteiger partial charge is 0.184 e. The maximum absolute atomic E-state index is 6.15. The molecule has 5 heteroatoms. The lowest BCUT2D eigenvalue weighted by molar-refractivity contribution is 1.13. The summed E-state index contributed by atoms with van der Waals surface area (Å²) in [5.41, 5.74) is 2.14. The van der Waals surface area contributed by atoms with Gasteiger partial charge in [-0.05, 0) is 23.8 Å². The highest BCUT2D eigenvalue weighted by atomic mass is 79.9. The van der Waals surface area contributed by atoms with Crippen LogP contribution in [-0.2, 0) is 6.54 Å². The molecule has 0 atom stereocenters. The third-order valence-corrected chi connectivity index (χ3v) is 5.02. The van der Waals surface area contributed by atoms with Gasteiger partial charge in [0.2, 0.25) is 0 Å². The molecule has 0 aliphatic rings. The minimum Gasteiger partial charge on any atom is -0.357 e. The van der Waals surface area contributed by atoms with E-state index in [0.29, 0.717) is 0 Å². The number of aromatic nitrogens is 1. The van der Waals surface area contributed by atoms with Crippen molar-refractivity contribution in [3.8, 4) is 0 Å². The number of nitrogens with one attached hydrogen (secondary N) is 1. The van der Waals surface area contributed by atoms with Gasteiger partial charge < -0.3 is 5.32 Å². The van der Waals surface area contributed by atoms with Crippen molar-refractivity contribution in [2.24, 2.45) is 0 Å². The van der Waals surface area contributed by atoms with Gasteiger partial charge in [0, 0.05) is 11.0 Å². The van der Waals surface area contributed by atoms with Gasteiger partial charge in [-0.2, -0.15) is 0 Å². The van der Waals surface area contributed by atoms with Crippen LogP contribution < -0.4 is 5.32 Å². The fourth-order valence-corrected chi connectivity index (χ4v) is 3.38. The lowest BCUT2D eigenvalue weighted by atomic mass is 10.2. The molecule has 19 heavy (non-hydrogen) atoms. The Balaban J connectivity index is 1.83. The molecule has 2 aromatic carbocycles. The fraction of sp³-hybridized carbons (Fsp3) is 0.0714. The van der Waals surface area contributed by atoms with E-state index in [0.717, 1.165) is 31.4 Å². The lowest BCUT2D eigenvalue weighted by Gasteiger charge is -2.04. The van der Waals surface area contributed by atoms with Gasteiger partial charge in [0.05, 0.1) is 15.2 Å². The number of rotatable bonds is 3. The second-order valence-corrected chi connectivity index (χ2v) is 6.31. The Morgan fingerprint density at radius 3 is 2.79 bits per heavy atom. The van der Waals surface area contributed by atoms with Crippen molar-refractivity contribution in [2.45, 2.75) is 6.54 Å². The number of hydrogen-bond donors (Lipinski definition) is 1. The Hall–Kier alpha value is -1.10. The van der Waals surface area contributed by atoms with Gasteiger partial charge >= 0.3 is 0 Å². The first-order chi connectivity index (χ1) is 9.24. The predicted molar refractivity (Wildman–Crippen MR) is 86.1 cm³/mol. The van der Waals surface area contributed by atoms with Crippen molar-refractivity contribution in [1.29, 1.82) is 0 Å². The van der Waals surface area contributed by atoms with Crippen LogP contribution in [0.25, 0.3) is 10.2 Å². The van der Waals surface area contributed by atoms with Crippen molar-refractivity contribution >= 4 is 54.2 Å². The van der Waals surface area contributed by atoms with Crippen molar-refractivity contribution in [3.63, 3.8) is 0 Å². The van der Waals surface area contributed by atoms with Gasteiger partial charge in [0.25, 0.3) is 0 Å². The van der Waals surface area contributed by atoms with Crippen molar-refractivity contribution in [3.05, 3.63) is 57.5 Å². The summed E-state index contributed by atoms with van der Waals surface area (Å²) in [4.78, 5) is 4.53. The SMILES string of the molecule is Clc1cccc2nc(NCc3ccccc3Br)sc12. The molecule has 0 amide bonds. The van der Waals surface area contributed by atoms with Crippen molar-refractivity contribution < 1.29 is 0 Å². The van der Waals surface area contributed by atoms with Crippen LogP contribution in [0.5, 0.6) is 0 Å². The summed E-state index contributed by atoms with van der Waals surface area (Å²) >= 11 is 11.3. The summed E-state index contributed by atoms with van der Waals surface area (Å²) in [6.07, 6.45) is 0. The Kier molecular flexibility index (Phi) is 3.73. The maximum Gasteiger partial charge on any atom is 0.184 e. The van der Waals surface area contributed by atoms with E-state index in [-0.39, 0.29) is 0 Å². The van der Waals surface area contributed by atoms with Crippen molar-refractivity contribution in [1.82, 2.24) is 4.98 Å². The normalized spacial score (nSPS) is 10.8. The van der Waals surface area contributed by atoms with Crippen LogP contribution in [0.15, 0.2) is 46.9 Å². The molecule has 0 saturated heterocycles. The summed E-state index contributed by atoms with van der Waals surface area (Å²) < 4.78 is 2.13. The molecule has 3 aromatic rings. The zero-order valence-electron chi connectivity index (χ0n) is 9.86. The van der Waals surface area contributed by atoms with Gasteiger partial charge in [-0.15, -0.1) is 0 Å². The largest absolute Gasteiger partial charge is 0.357 e. The molecule has 1 heterocycles. The number of anilines is 1. The zero-order valence-corrected chi connectivity index (χ0v) is 13.0. The standard InChI is InChI=1S/C14H10BrClN2S/c15-10-5-2-1-4-9(10)8-17-14-18-12-7-3-6-11(16)13(12)19-14/h1-7H,8H2,(H,17,18). The molecule has 0 fully saturated rings. The highest BCUT2D eigenvalue weighted by Gasteiger charge is 2.06. The average Bonchev–Trinajstić information content (AvgIpc) is 2.82. The molecule has 0 spiro atoms. The monoisotopic (exact) mass is 352 g/mol. The number of halogens is 2. The Morgan fingerprint density at radius 2 is 2.00 bits per heavy atom. The van der Waals surface area contributed by atoms with Crippen LogP contribution in [0.1, 0.15) is 5.56 Å². The number of thiazole rings is 1. The maximum atomic E-state index is 6.15. The van der Waals surface area contributed by atoms with Gasteiger partial charge in [-0.1, -0.05) is 63.1 Å². The third-order valence-electron chi connectivity index (χ3n) is 2.75. The number of hydrogen-bond acceptors (Lipinski definition) is 3. The third kappa shape index (κ3) is 2.76. The molecule has 1 aromatic heterocycles. The second-order valence-electron chi connectivity index (χ2n) is 4.05. The number of fused-ring (bicyclic) bond motifs is 1. The van der Waals surface area contributed by atoms with Gasteiger partial charge in [-0.3, -0.25) is 0 Å². The highest BCUT2D eigenvalue weighted by Crippen LogP contribution is 2.32. The van der Waals surface area contributed by atoms with Crippen LogP contribution >= 0.6 is 38.9 Å². The Morgan fingerprint density at radius 1 is 1.16 bits per heavy atom. The van der Waals surface area contributed by atoms with E-state index >= 15 is 0 Å². The molecule has 0 bridgehead atoms. The highest BCUT2D eigenvalue weighted by molar-refractivity contribution is 9.10. The molecular formula is C14H10BrClN2S. The number of benzene rings is 2. The first kappa shape index (κ1) is 12.9. The van der Waals surface area contributed by atoms with Crippen LogP contribution in [-0.4, -0.2) is 4.98 Å². The molecule has 1 N–H and O–H groups in total. The quantitative estimate of drug-likeness (QED) is 0.689. The molecule has 96 valence electrons. The molecule has 0 saturated carbocycles. The first-order valence-electron chi connectivity index (χ1n) is 5.76. The molecule has 0 aliphatic heterocycles. The summed E-state index contributed by atoms with van der Waals surface area (Å²) in [7, 11) is 0. The van der Waals surface area contributed by atoms with E-state index in [9.17, 15) is 0 Å². The van der Waals surface area contributed by atoms with E-state index in [1.54, 1.807) is 11.3 Å². The van der Waals surface area contributed by atoms with Gasteiger partial charge in [-0.25, -0.2) is 4.98 Å². The van der Waals surface area contributed by atoms with Crippen molar-refractivity contribution in [2.75, 3.05) is 5.32 Å². The average molecular weight is 354 g/mol. The van der Waals surface area contributed by atoms with E-state index < -0.39 is 0 Å². The lowest BCUT2D eigenvalue weighted by Crippen LogP contribution is -1.99. The minimum atomic E-state index is 0.735. The molecular weight excluding hydrogens is 344 g/mol. The van der Waals surface area contributed by atoms with E-state index in [1.807, 2.05) is 36.4 Å². The Labute approximate surface area is 128 Å². The molecule has 3 rings (SSSR count). The summed E-state index contributed by atoms with van der Waals surface area (Å²) in [6.45, 7) is 0.735. The van der Waals surface area contributed by atoms with Crippen LogP contribution in [0.2, 0.25) is 5.02 Å². The van der Waals surface area contributed by atoms with Crippen LogP contribution in [0, 0.1) is 0 Å². The number of nitrogens with zero attached hydrogens (tertiary/aromatic N) is 1. The molecule has 0 unspecified atom stereocenters. The predicted octanol–water partition coefficient (Wildman–Crippen LogP) is 5.32. The van der Waals surface area contributed by atoms with Gasteiger partial charge in [0.15, 0.2) is 5.13 Å². The minimum absolute atomic E-state index is 0.735. The molecule has 0 radical (unpaired) electrons. The summed E-state index contributed by atoms with van der Waals surface area (Å²) in [5.74, 6) is 0. The van der Waals surface area contributed by atoms with Crippen LogP contribution in [0.3, 0.4) is 0 Å². The molecule has 0 aliphatic carbocycles. The summed E-state index contributed by atoms with van der Waals surface area (Å²) in [6, 6.07) is 13.9. The fourth-order valence-electron chi connectivity index (χ4n) is 1.80. The topological polar surface area (TPSA) is 24.9 Å². The van der Waals surface area contributed by atoms with E-state index in [1.165, 1.54) is 5.56 Å². The van der Waals surface area contributed by atoms with E-state index in [4.69, 9.17) is 11.6 Å². The molecule has 2 nitrogen and oxygen atoms in total. The second kappa shape index (κ2) is 5.49. The zero-order chi connectivity index (χ0) is 13.2. The van der Waals surface area contributed by atoms with Gasteiger partial charge in [0.1, 0.15) is 0 Å². The first-order valence-corrected chi connectivity index (χ1v) is 7.75. The summed E-state index contributed by atoms with van der Waals surface area (Å²) in [5, 5.41) is 4.98. The Bertz CT molecular complexity index is 726. The van der Waals surface area contributed by atoms with E-state index in [2.05, 4.69) is 32.3 Å². The van der Waals surface area contributed by atoms with Crippen LogP contribution in [0.4, 0.5) is 5.13 Å².